The average molecular weight is 261 g/mol. The van der Waals surface area contributed by atoms with Gasteiger partial charge < -0.3 is 5.32 Å². The van der Waals surface area contributed by atoms with Gasteiger partial charge in [0.2, 0.25) is 0 Å². The van der Waals surface area contributed by atoms with Crippen LogP contribution in [-0.2, 0) is 6.42 Å². The minimum Gasteiger partial charge on any atom is -0.310 e. The summed E-state index contributed by atoms with van der Waals surface area (Å²) in [5.74, 6) is -0.782. The zero-order valence-corrected chi connectivity index (χ0v) is 10.9. The molecule has 0 aliphatic heterocycles. The largest absolute Gasteiger partial charge is 0.310 e. The molecule has 0 saturated heterocycles. The van der Waals surface area contributed by atoms with Gasteiger partial charge in [0.25, 0.3) is 0 Å². The van der Waals surface area contributed by atoms with Crippen LogP contribution in [-0.4, -0.2) is 6.54 Å². The number of halogens is 2. The summed E-state index contributed by atoms with van der Waals surface area (Å²) in [5, 5.41) is 3.21. The summed E-state index contributed by atoms with van der Waals surface area (Å²) in [5.41, 5.74) is 1.47. The van der Waals surface area contributed by atoms with E-state index < -0.39 is 5.82 Å². The van der Waals surface area contributed by atoms with E-state index in [1.165, 1.54) is 12.1 Å². The summed E-state index contributed by atoms with van der Waals surface area (Å²) < 4.78 is 27.1. The van der Waals surface area contributed by atoms with Gasteiger partial charge in [-0.25, -0.2) is 8.78 Å². The van der Waals surface area contributed by atoms with Gasteiger partial charge in [0.15, 0.2) is 0 Å². The van der Waals surface area contributed by atoms with Crippen LogP contribution in [0.25, 0.3) is 0 Å². The Bertz CT molecular complexity index is 526. The van der Waals surface area contributed by atoms with Crippen molar-refractivity contribution in [2.45, 2.75) is 19.4 Å². The van der Waals surface area contributed by atoms with Crippen LogP contribution in [0.4, 0.5) is 8.78 Å². The van der Waals surface area contributed by atoms with Gasteiger partial charge >= 0.3 is 0 Å². The third-order valence-electron chi connectivity index (χ3n) is 3.07. The van der Waals surface area contributed by atoms with Crippen molar-refractivity contribution < 1.29 is 8.78 Å². The lowest BCUT2D eigenvalue weighted by Crippen LogP contribution is -2.24. The Morgan fingerprint density at radius 3 is 2.47 bits per heavy atom. The number of rotatable bonds is 5. The molecule has 2 aromatic carbocycles. The second-order valence-corrected chi connectivity index (χ2v) is 4.47. The minimum absolute atomic E-state index is 0.219. The molecule has 1 nitrogen and oxygen atoms in total. The molecule has 1 atom stereocenters. The fraction of sp³-hybridized carbons (Fsp3) is 0.250. The highest BCUT2D eigenvalue weighted by Gasteiger charge is 2.16. The maximum absolute atomic E-state index is 13.8. The minimum atomic E-state index is -0.410. The monoisotopic (exact) mass is 261 g/mol. The topological polar surface area (TPSA) is 12.0 Å². The smallest absolute Gasteiger partial charge is 0.128 e. The van der Waals surface area contributed by atoms with Crippen LogP contribution in [0.5, 0.6) is 0 Å². The van der Waals surface area contributed by atoms with Crippen molar-refractivity contribution >= 4 is 0 Å². The van der Waals surface area contributed by atoms with Gasteiger partial charge in [0.1, 0.15) is 11.6 Å². The Balaban J connectivity index is 2.27. The van der Waals surface area contributed by atoms with E-state index >= 15 is 0 Å². The van der Waals surface area contributed by atoms with Crippen LogP contribution < -0.4 is 5.32 Å². The Kier molecular flexibility index (Phi) is 4.63. The lowest BCUT2D eigenvalue weighted by atomic mass is 9.98. The maximum Gasteiger partial charge on any atom is 0.128 e. The van der Waals surface area contributed by atoms with E-state index in [0.717, 1.165) is 11.6 Å². The molecule has 0 radical (unpaired) electrons. The molecule has 3 heteroatoms. The lowest BCUT2D eigenvalue weighted by Gasteiger charge is -2.19. The third-order valence-corrected chi connectivity index (χ3v) is 3.07. The second kappa shape index (κ2) is 6.43. The molecule has 2 aromatic rings. The molecular formula is C16H17F2N. The molecule has 0 spiro atoms. The molecule has 0 fully saturated rings. The van der Waals surface area contributed by atoms with Crippen molar-refractivity contribution in [3.05, 3.63) is 71.3 Å². The molecule has 1 N–H and O–H groups in total. The molecule has 0 aliphatic rings. The van der Waals surface area contributed by atoms with Gasteiger partial charge in [0, 0.05) is 11.6 Å². The van der Waals surface area contributed by atoms with Crippen LogP contribution in [0, 0.1) is 11.6 Å². The van der Waals surface area contributed by atoms with E-state index in [2.05, 4.69) is 5.32 Å². The van der Waals surface area contributed by atoms with E-state index in [9.17, 15) is 8.78 Å². The van der Waals surface area contributed by atoms with Crippen LogP contribution in [0.2, 0.25) is 0 Å². The SMILES string of the molecule is CCNC(Cc1ccccc1)c1cc(F)ccc1F. The maximum atomic E-state index is 13.8. The Morgan fingerprint density at radius 2 is 1.79 bits per heavy atom. The first-order valence-electron chi connectivity index (χ1n) is 6.43. The van der Waals surface area contributed by atoms with E-state index in [0.29, 0.717) is 18.5 Å². The van der Waals surface area contributed by atoms with E-state index in [1.807, 2.05) is 37.3 Å². The van der Waals surface area contributed by atoms with Crippen molar-refractivity contribution in [2.24, 2.45) is 0 Å². The quantitative estimate of drug-likeness (QED) is 0.861. The van der Waals surface area contributed by atoms with E-state index in [1.54, 1.807) is 0 Å². The summed E-state index contributed by atoms with van der Waals surface area (Å²) in [4.78, 5) is 0. The first-order chi connectivity index (χ1) is 9.20. The van der Waals surface area contributed by atoms with Gasteiger partial charge in [-0.2, -0.15) is 0 Å². The predicted molar refractivity (Wildman–Crippen MR) is 72.9 cm³/mol. The average Bonchev–Trinajstić information content (AvgIpc) is 2.42. The number of hydrogen-bond acceptors (Lipinski definition) is 1. The van der Waals surface area contributed by atoms with Crippen molar-refractivity contribution in [1.82, 2.24) is 5.32 Å². The van der Waals surface area contributed by atoms with Gasteiger partial charge in [0.05, 0.1) is 0 Å². The molecule has 0 amide bonds. The second-order valence-electron chi connectivity index (χ2n) is 4.47. The van der Waals surface area contributed by atoms with Gasteiger partial charge in [-0.05, 0) is 36.7 Å². The van der Waals surface area contributed by atoms with Gasteiger partial charge in [-0.3, -0.25) is 0 Å². The number of benzene rings is 2. The summed E-state index contributed by atoms with van der Waals surface area (Å²) >= 11 is 0. The summed E-state index contributed by atoms with van der Waals surface area (Å²) in [6, 6.07) is 13.2. The van der Waals surface area contributed by atoms with E-state index in [-0.39, 0.29) is 11.9 Å². The zero-order chi connectivity index (χ0) is 13.7. The molecular weight excluding hydrogens is 244 g/mol. The van der Waals surface area contributed by atoms with Gasteiger partial charge in [-0.1, -0.05) is 37.3 Å². The van der Waals surface area contributed by atoms with Crippen molar-refractivity contribution in [3.8, 4) is 0 Å². The third kappa shape index (κ3) is 3.61. The molecule has 0 aliphatic carbocycles. The number of likely N-dealkylation sites (N-methyl/N-ethyl adjacent to an activating group) is 1. The molecule has 0 saturated carbocycles. The number of hydrogen-bond donors (Lipinski definition) is 1. The Labute approximate surface area is 112 Å². The van der Waals surface area contributed by atoms with Gasteiger partial charge in [-0.15, -0.1) is 0 Å². The normalized spacial score (nSPS) is 12.4. The Morgan fingerprint density at radius 1 is 1.05 bits per heavy atom. The molecule has 0 bridgehead atoms. The summed E-state index contributed by atoms with van der Waals surface area (Å²) in [7, 11) is 0. The zero-order valence-electron chi connectivity index (χ0n) is 10.9. The van der Waals surface area contributed by atoms with Crippen molar-refractivity contribution in [3.63, 3.8) is 0 Å². The van der Waals surface area contributed by atoms with Crippen molar-refractivity contribution in [1.29, 1.82) is 0 Å². The fourth-order valence-corrected chi connectivity index (χ4v) is 2.17. The standard InChI is InChI=1S/C16H17F2N/c1-2-19-16(10-12-6-4-3-5-7-12)14-11-13(17)8-9-15(14)18/h3-9,11,16,19H,2,10H2,1H3. The lowest BCUT2D eigenvalue weighted by molar-refractivity contribution is 0.502. The summed E-state index contributed by atoms with van der Waals surface area (Å²) in [6.45, 7) is 2.66. The Hall–Kier alpha value is -1.74. The van der Waals surface area contributed by atoms with Crippen LogP contribution in [0.1, 0.15) is 24.1 Å². The summed E-state index contributed by atoms with van der Waals surface area (Å²) in [6.07, 6.45) is 0.634. The van der Waals surface area contributed by atoms with Crippen LogP contribution >= 0.6 is 0 Å². The number of nitrogens with one attached hydrogen (secondary N) is 1. The van der Waals surface area contributed by atoms with E-state index in [4.69, 9.17) is 0 Å². The highest BCUT2D eigenvalue weighted by Crippen LogP contribution is 2.22. The molecule has 0 aromatic heterocycles. The molecule has 1 unspecified atom stereocenters. The first kappa shape index (κ1) is 13.7. The first-order valence-corrected chi connectivity index (χ1v) is 6.43. The molecule has 19 heavy (non-hydrogen) atoms. The van der Waals surface area contributed by atoms with Crippen molar-refractivity contribution in [2.75, 3.05) is 6.54 Å². The predicted octanol–water partition coefficient (Wildman–Crippen LogP) is 3.86. The molecule has 100 valence electrons. The molecule has 0 heterocycles. The highest BCUT2D eigenvalue weighted by molar-refractivity contribution is 5.25. The van der Waals surface area contributed by atoms with Crippen LogP contribution in [0.3, 0.4) is 0 Å². The fourth-order valence-electron chi connectivity index (χ4n) is 2.17. The molecule has 2 rings (SSSR count). The van der Waals surface area contributed by atoms with Crippen LogP contribution in [0.15, 0.2) is 48.5 Å². The highest BCUT2D eigenvalue weighted by atomic mass is 19.1.